The number of benzene rings is 1. The van der Waals surface area contributed by atoms with E-state index in [0.717, 1.165) is 50.7 Å². The van der Waals surface area contributed by atoms with Gasteiger partial charge in [-0.3, -0.25) is 4.99 Å². The Balaban J connectivity index is 1.67. The Morgan fingerprint density at radius 1 is 1.27 bits per heavy atom. The Morgan fingerprint density at radius 3 is 2.58 bits per heavy atom. The van der Waals surface area contributed by atoms with Gasteiger partial charge in [0.2, 0.25) is 0 Å². The lowest BCUT2D eigenvalue weighted by Gasteiger charge is -2.42. The summed E-state index contributed by atoms with van der Waals surface area (Å²) in [7, 11) is 5.64. The minimum Gasteiger partial charge on any atom is -0.385 e. The maximum atomic E-state index is 13.0. The Morgan fingerprint density at radius 2 is 2.00 bits per heavy atom. The van der Waals surface area contributed by atoms with E-state index in [1.165, 1.54) is 31.4 Å². The van der Waals surface area contributed by atoms with Gasteiger partial charge in [-0.15, -0.1) is 0 Å². The van der Waals surface area contributed by atoms with Crippen LogP contribution < -0.4 is 10.6 Å². The van der Waals surface area contributed by atoms with Gasteiger partial charge in [0.1, 0.15) is 5.82 Å². The topological polar surface area (TPSA) is 48.9 Å². The lowest BCUT2D eigenvalue weighted by atomic mass is 9.67. The normalized spacial score (nSPS) is 16.4. The van der Waals surface area contributed by atoms with E-state index in [0.29, 0.717) is 5.41 Å². The molecule has 1 aliphatic rings. The molecule has 2 N–H and O–H groups in total. The van der Waals surface area contributed by atoms with Crippen molar-refractivity contribution >= 4 is 5.96 Å². The lowest BCUT2D eigenvalue weighted by molar-refractivity contribution is 0.0732. The number of likely N-dealkylation sites (N-methyl/N-ethyl adjacent to an activating group) is 1. The third kappa shape index (κ3) is 6.57. The molecule has 0 heterocycles. The number of guanidine groups is 1. The van der Waals surface area contributed by atoms with Gasteiger partial charge in [-0.1, -0.05) is 18.6 Å². The molecule has 6 heteroatoms. The second-order valence-corrected chi connectivity index (χ2v) is 7.31. The summed E-state index contributed by atoms with van der Waals surface area (Å²) in [6.45, 7) is 4.26. The van der Waals surface area contributed by atoms with Gasteiger partial charge in [0.25, 0.3) is 0 Å². The highest BCUT2D eigenvalue weighted by Crippen LogP contribution is 2.43. The van der Waals surface area contributed by atoms with Crippen LogP contribution in [0.25, 0.3) is 0 Å². The lowest BCUT2D eigenvalue weighted by Crippen LogP contribution is -2.48. The molecular weight excluding hydrogens is 331 g/mol. The minimum absolute atomic E-state index is 0.192. The number of rotatable bonds is 10. The highest BCUT2D eigenvalue weighted by atomic mass is 19.1. The predicted octanol–water partition coefficient (Wildman–Crippen LogP) is 2.63. The van der Waals surface area contributed by atoms with Crippen molar-refractivity contribution in [3.63, 3.8) is 0 Å². The van der Waals surface area contributed by atoms with E-state index in [2.05, 4.69) is 27.6 Å². The maximum Gasteiger partial charge on any atom is 0.191 e. The molecule has 2 rings (SSSR count). The van der Waals surface area contributed by atoms with Crippen LogP contribution in [0, 0.1) is 11.2 Å². The number of nitrogens with one attached hydrogen (secondary N) is 2. The number of hydrogen-bond donors (Lipinski definition) is 2. The minimum atomic E-state index is -0.192. The molecule has 146 valence electrons. The van der Waals surface area contributed by atoms with E-state index in [1.807, 2.05) is 12.1 Å². The van der Waals surface area contributed by atoms with Crippen LogP contribution >= 0.6 is 0 Å². The third-order valence-electron chi connectivity index (χ3n) is 5.26. The summed E-state index contributed by atoms with van der Waals surface area (Å²) in [5, 5.41) is 6.85. The van der Waals surface area contributed by atoms with Crippen molar-refractivity contribution in [1.29, 1.82) is 0 Å². The van der Waals surface area contributed by atoms with Crippen LogP contribution in [0.2, 0.25) is 0 Å². The van der Waals surface area contributed by atoms with Crippen molar-refractivity contribution < 1.29 is 9.13 Å². The Labute approximate surface area is 157 Å². The van der Waals surface area contributed by atoms with Gasteiger partial charge in [0.15, 0.2) is 5.96 Å². The zero-order chi connectivity index (χ0) is 18.8. The number of hydrogen-bond acceptors (Lipinski definition) is 3. The van der Waals surface area contributed by atoms with Crippen molar-refractivity contribution in [2.45, 2.75) is 32.2 Å². The fraction of sp³-hybridized carbons (Fsp3) is 0.650. The van der Waals surface area contributed by atoms with E-state index < -0.39 is 0 Å². The molecule has 0 unspecified atom stereocenters. The molecule has 0 aromatic heterocycles. The molecule has 0 bridgehead atoms. The van der Waals surface area contributed by atoms with Crippen LogP contribution in [0.15, 0.2) is 29.3 Å². The van der Waals surface area contributed by atoms with Crippen LogP contribution in [-0.4, -0.2) is 58.3 Å². The number of nitrogens with zero attached hydrogens (tertiary/aromatic N) is 2. The van der Waals surface area contributed by atoms with E-state index in [4.69, 9.17) is 4.74 Å². The SMILES string of the molecule is CN=C(NCCN(C)Cc1ccc(F)cc1)NCC1(CCOC)CCC1. The summed E-state index contributed by atoms with van der Waals surface area (Å²) in [6.07, 6.45) is 4.95. The van der Waals surface area contributed by atoms with E-state index in [1.54, 1.807) is 14.2 Å². The molecule has 1 aliphatic carbocycles. The number of methoxy groups -OCH3 is 1. The average molecular weight is 365 g/mol. The van der Waals surface area contributed by atoms with Crippen molar-refractivity contribution in [2.75, 3.05) is 47.4 Å². The molecular formula is C20H33FN4O. The summed E-state index contributed by atoms with van der Waals surface area (Å²) in [5.41, 5.74) is 1.48. The van der Waals surface area contributed by atoms with Gasteiger partial charge in [-0.2, -0.15) is 0 Å². The highest BCUT2D eigenvalue weighted by molar-refractivity contribution is 5.79. The molecule has 1 fully saturated rings. The van der Waals surface area contributed by atoms with Gasteiger partial charge in [-0.05, 0) is 49.4 Å². The first-order chi connectivity index (χ1) is 12.6. The van der Waals surface area contributed by atoms with Crippen LogP contribution in [0.1, 0.15) is 31.2 Å². The predicted molar refractivity (Wildman–Crippen MR) is 105 cm³/mol. The van der Waals surface area contributed by atoms with E-state index in [-0.39, 0.29) is 5.82 Å². The molecule has 0 amide bonds. The number of aliphatic imine (C=N–C) groups is 1. The highest BCUT2D eigenvalue weighted by Gasteiger charge is 2.36. The smallest absolute Gasteiger partial charge is 0.191 e. The number of ether oxygens (including phenoxy) is 1. The second kappa shape index (κ2) is 10.5. The second-order valence-electron chi connectivity index (χ2n) is 7.31. The van der Waals surface area contributed by atoms with Crippen LogP contribution in [0.4, 0.5) is 4.39 Å². The fourth-order valence-electron chi connectivity index (χ4n) is 3.35. The van der Waals surface area contributed by atoms with Crippen LogP contribution in [0.3, 0.4) is 0 Å². The van der Waals surface area contributed by atoms with Crippen molar-refractivity contribution in [2.24, 2.45) is 10.4 Å². The van der Waals surface area contributed by atoms with Gasteiger partial charge in [0.05, 0.1) is 0 Å². The molecule has 26 heavy (non-hydrogen) atoms. The van der Waals surface area contributed by atoms with Crippen molar-refractivity contribution in [3.05, 3.63) is 35.6 Å². The molecule has 0 aliphatic heterocycles. The molecule has 5 nitrogen and oxygen atoms in total. The molecule has 0 radical (unpaired) electrons. The molecule has 1 saturated carbocycles. The molecule has 0 saturated heterocycles. The van der Waals surface area contributed by atoms with Gasteiger partial charge in [0, 0.05) is 46.9 Å². The Bertz CT molecular complexity index is 557. The van der Waals surface area contributed by atoms with Gasteiger partial charge in [-0.25, -0.2) is 4.39 Å². The molecule has 1 aromatic carbocycles. The molecule has 0 atom stereocenters. The summed E-state index contributed by atoms with van der Waals surface area (Å²) < 4.78 is 18.2. The zero-order valence-electron chi connectivity index (χ0n) is 16.4. The third-order valence-corrected chi connectivity index (χ3v) is 5.26. The summed E-state index contributed by atoms with van der Waals surface area (Å²) in [4.78, 5) is 6.53. The first-order valence-electron chi connectivity index (χ1n) is 9.43. The zero-order valence-corrected chi connectivity index (χ0v) is 16.4. The quantitative estimate of drug-likeness (QED) is 0.495. The Kier molecular flexibility index (Phi) is 8.32. The summed E-state index contributed by atoms with van der Waals surface area (Å²) >= 11 is 0. The first-order valence-corrected chi connectivity index (χ1v) is 9.43. The summed E-state index contributed by atoms with van der Waals surface area (Å²) in [5.74, 6) is 0.659. The van der Waals surface area contributed by atoms with Crippen molar-refractivity contribution in [3.8, 4) is 0 Å². The number of halogens is 1. The maximum absolute atomic E-state index is 13.0. The van der Waals surface area contributed by atoms with Gasteiger partial charge >= 0.3 is 0 Å². The van der Waals surface area contributed by atoms with Crippen molar-refractivity contribution in [1.82, 2.24) is 15.5 Å². The van der Waals surface area contributed by atoms with Crippen LogP contribution in [-0.2, 0) is 11.3 Å². The van der Waals surface area contributed by atoms with E-state index in [9.17, 15) is 4.39 Å². The monoisotopic (exact) mass is 364 g/mol. The van der Waals surface area contributed by atoms with Gasteiger partial charge < -0.3 is 20.3 Å². The first kappa shape index (κ1) is 20.6. The Hall–Kier alpha value is -1.66. The average Bonchev–Trinajstić information content (AvgIpc) is 2.60. The standard InChI is InChI=1S/C20H33FN4O/c1-22-19(24-16-20(9-4-10-20)11-14-26-3)23-12-13-25(2)15-17-5-7-18(21)8-6-17/h5-8H,4,9-16H2,1-3H3,(H2,22,23,24). The molecule has 0 spiro atoms. The van der Waals surface area contributed by atoms with E-state index >= 15 is 0 Å². The summed E-state index contributed by atoms with van der Waals surface area (Å²) in [6, 6.07) is 6.68. The fourth-order valence-corrected chi connectivity index (χ4v) is 3.35. The largest absolute Gasteiger partial charge is 0.385 e. The van der Waals surface area contributed by atoms with Crippen LogP contribution in [0.5, 0.6) is 0 Å². The molecule has 1 aromatic rings.